The van der Waals surface area contributed by atoms with Crippen molar-refractivity contribution < 1.29 is 5.11 Å². The van der Waals surface area contributed by atoms with Gasteiger partial charge in [0.05, 0.1) is 17.5 Å². The molecule has 3 aliphatic heterocycles. The van der Waals surface area contributed by atoms with Crippen molar-refractivity contribution >= 4 is 5.95 Å². The van der Waals surface area contributed by atoms with Gasteiger partial charge in [0.15, 0.2) is 0 Å². The highest BCUT2D eigenvalue weighted by atomic mass is 16.3. The van der Waals surface area contributed by atoms with Gasteiger partial charge in [0, 0.05) is 63.1 Å². The first-order valence-corrected chi connectivity index (χ1v) is 10.1. The molecule has 0 aliphatic carbocycles. The molecule has 7 heteroatoms. The lowest BCUT2D eigenvalue weighted by atomic mass is 9.99. The van der Waals surface area contributed by atoms with Crippen LogP contribution in [0.25, 0.3) is 0 Å². The van der Waals surface area contributed by atoms with Gasteiger partial charge < -0.3 is 14.6 Å². The Labute approximate surface area is 160 Å². The van der Waals surface area contributed by atoms with Crippen molar-refractivity contribution in [2.75, 3.05) is 18.0 Å². The number of aromatic nitrogens is 4. The molecule has 2 bridgehead atoms. The van der Waals surface area contributed by atoms with Gasteiger partial charge in [-0.15, -0.1) is 0 Å². The average Bonchev–Trinajstić information content (AvgIpc) is 3.13. The molecule has 144 valence electrons. The maximum atomic E-state index is 9.96. The number of nitrogens with zero attached hydrogens (tertiary/aromatic N) is 6. The number of anilines is 1. The summed E-state index contributed by atoms with van der Waals surface area (Å²) in [5.41, 5.74) is 3.78. The second kappa shape index (κ2) is 6.56. The fourth-order valence-electron chi connectivity index (χ4n) is 4.98. The summed E-state index contributed by atoms with van der Waals surface area (Å²) in [6, 6.07) is 0.961. The summed E-state index contributed by atoms with van der Waals surface area (Å²) in [7, 11) is 2.10. The molecule has 0 amide bonds. The molecule has 0 spiro atoms. The highest BCUT2D eigenvalue weighted by molar-refractivity contribution is 5.38. The van der Waals surface area contributed by atoms with E-state index in [1.54, 1.807) is 0 Å². The van der Waals surface area contributed by atoms with E-state index in [1.807, 2.05) is 12.4 Å². The van der Waals surface area contributed by atoms with Crippen molar-refractivity contribution in [2.45, 2.75) is 63.8 Å². The molecular weight excluding hydrogens is 340 g/mol. The van der Waals surface area contributed by atoms with Crippen LogP contribution in [-0.4, -0.2) is 54.8 Å². The van der Waals surface area contributed by atoms with Gasteiger partial charge in [-0.3, -0.25) is 4.90 Å². The summed E-state index contributed by atoms with van der Waals surface area (Å²) in [6.45, 7) is 4.58. The van der Waals surface area contributed by atoms with Crippen molar-refractivity contribution in [3.63, 3.8) is 0 Å². The van der Waals surface area contributed by atoms with Crippen LogP contribution in [0.4, 0.5) is 5.95 Å². The SMILES string of the molecule is Cc1ncc(CN2[C@H]3CC[C@H]2c2cnc(N4CCC[C@H](O)C4)nc2C3)n1C. The van der Waals surface area contributed by atoms with Crippen molar-refractivity contribution in [3.8, 4) is 0 Å². The van der Waals surface area contributed by atoms with Gasteiger partial charge in [-0.1, -0.05) is 0 Å². The Bertz CT molecular complexity index is 849. The van der Waals surface area contributed by atoms with Crippen molar-refractivity contribution in [1.29, 1.82) is 0 Å². The second-order valence-electron chi connectivity index (χ2n) is 8.29. The number of aryl methyl sites for hydroxylation is 1. The van der Waals surface area contributed by atoms with Gasteiger partial charge in [0.1, 0.15) is 5.82 Å². The highest BCUT2D eigenvalue weighted by Crippen LogP contribution is 2.44. The zero-order valence-electron chi connectivity index (χ0n) is 16.2. The largest absolute Gasteiger partial charge is 0.391 e. The fraction of sp³-hybridized carbons (Fsp3) is 0.650. The maximum Gasteiger partial charge on any atom is 0.225 e. The van der Waals surface area contributed by atoms with Gasteiger partial charge in [-0.2, -0.15) is 0 Å². The molecule has 5 heterocycles. The Morgan fingerprint density at radius 3 is 2.85 bits per heavy atom. The number of aliphatic hydroxyl groups excluding tert-OH is 1. The lowest BCUT2D eigenvalue weighted by Crippen LogP contribution is -2.41. The number of hydrogen-bond acceptors (Lipinski definition) is 6. The summed E-state index contributed by atoms with van der Waals surface area (Å²) in [6.07, 6.45) is 9.08. The Morgan fingerprint density at radius 1 is 1.19 bits per heavy atom. The molecule has 27 heavy (non-hydrogen) atoms. The maximum absolute atomic E-state index is 9.96. The molecular formula is C20H28N6O. The number of aliphatic hydroxyl groups is 1. The van der Waals surface area contributed by atoms with E-state index in [0.717, 1.165) is 44.1 Å². The van der Waals surface area contributed by atoms with Crippen molar-refractivity contribution in [1.82, 2.24) is 24.4 Å². The molecule has 3 atom stereocenters. The Kier molecular flexibility index (Phi) is 4.16. The van der Waals surface area contributed by atoms with E-state index in [4.69, 9.17) is 4.98 Å². The van der Waals surface area contributed by atoms with E-state index < -0.39 is 0 Å². The monoisotopic (exact) mass is 368 g/mol. The van der Waals surface area contributed by atoms with Crippen LogP contribution in [0.1, 0.15) is 54.5 Å². The number of rotatable bonds is 3. The number of imidazole rings is 1. The minimum atomic E-state index is -0.257. The zero-order valence-corrected chi connectivity index (χ0v) is 16.2. The van der Waals surface area contributed by atoms with Crippen LogP contribution in [0.15, 0.2) is 12.4 Å². The van der Waals surface area contributed by atoms with E-state index in [1.165, 1.54) is 29.8 Å². The first-order chi connectivity index (χ1) is 13.1. The number of hydrogen-bond donors (Lipinski definition) is 1. The molecule has 0 saturated carbocycles. The van der Waals surface area contributed by atoms with Crippen LogP contribution in [0.5, 0.6) is 0 Å². The third-order valence-corrected chi connectivity index (χ3v) is 6.66. The van der Waals surface area contributed by atoms with Gasteiger partial charge in [0.2, 0.25) is 5.95 Å². The topological polar surface area (TPSA) is 70.3 Å². The summed E-state index contributed by atoms with van der Waals surface area (Å²) in [4.78, 5) is 18.8. The summed E-state index contributed by atoms with van der Waals surface area (Å²) < 4.78 is 2.19. The smallest absolute Gasteiger partial charge is 0.225 e. The van der Waals surface area contributed by atoms with E-state index in [2.05, 4.69) is 38.3 Å². The Balaban J connectivity index is 1.40. The normalized spacial score (nSPS) is 27.8. The second-order valence-corrected chi connectivity index (χ2v) is 8.29. The van der Waals surface area contributed by atoms with Crippen LogP contribution in [0.2, 0.25) is 0 Å². The molecule has 2 aromatic rings. The minimum Gasteiger partial charge on any atom is -0.391 e. The molecule has 1 N–H and O–H groups in total. The van der Waals surface area contributed by atoms with Crippen molar-refractivity contribution in [3.05, 3.63) is 35.2 Å². The molecule has 0 radical (unpaired) electrons. The Hall–Kier alpha value is -1.99. The lowest BCUT2D eigenvalue weighted by Gasteiger charge is -2.36. The molecule has 0 unspecified atom stereocenters. The molecule has 0 aromatic carbocycles. The van der Waals surface area contributed by atoms with Gasteiger partial charge in [-0.05, 0) is 32.6 Å². The number of β-amino-alcohol motifs (C(OH)–C–C–N with tert-alkyl or cyclic N) is 1. The molecule has 7 nitrogen and oxygen atoms in total. The Morgan fingerprint density at radius 2 is 2.07 bits per heavy atom. The third kappa shape index (κ3) is 2.93. The van der Waals surface area contributed by atoms with Crippen molar-refractivity contribution in [2.24, 2.45) is 7.05 Å². The molecule has 3 aliphatic rings. The van der Waals surface area contributed by atoms with Gasteiger partial charge in [-0.25, -0.2) is 15.0 Å². The van der Waals surface area contributed by atoms with E-state index >= 15 is 0 Å². The fourth-order valence-corrected chi connectivity index (χ4v) is 4.98. The lowest BCUT2D eigenvalue weighted by molar-refractivity contribution is 0.152. The summed E-state index contributed by atoms with van der Waals surface area (Å²) in [5.74, 6) is 1.86. The minimum absolute atomic E-state index is 0.257. The zero-order chi connectivity index (χ0) is 18.5. The quantitative estimate of drug-likeness (QED) is 0.890. The number of piperidine rings is 1. The van der Waals surface area contributed by atoms with Gasteiger partial charge >= 0.3 is 0 Å². The third-order valence-electron chi connectivity index (χ3n) is 6.66. The first-order valence-electron chi connectivity index (χ1n) is 10.1. The van der Waals surface area contributed by atoms with Gasteiger partial charge in [0.25, 0.3) is 0 Å². The highest BCUT2D eigenvalue weighted by Gasteiger charge is 2.41. The van der Waals surface area contributed by atoms with Crippen LogP contribution < -0.4 is 4.90 Å². The van der Waals surface area contributed by atoms with Crippen LogP contribution in [-0.2, 0) is 20.0 Å². The van der Waals surface area contributed by atoms with E-state index in [0.29, 0.717) is 18.6 Å². The van der Waals surface area contributed by atoms with Crippen LogP contribution in [0.3, 0.4) is 0 Å². The van der Waals surface area contributed by atoms with E-state index in [9.17, 15) is 5.11 Å². The number of fused-ring (bicyclic) bond motifs is 4. The summed E-state index contributed by atoms with van der Waals surface area (Å²) in [5, 5.41) is 9.96. The first kappa shape index (κ1) is 17.1. The van der Waals surface area contributed by atoms with Crippen LogP contribution >= 0.6 is 0 Å². The predicted octanol–water partition coefficient (Wildman–Crippen LogP) is 1.74. The predicted molar refractivity (Wildman–Crippen MR) is 102 cm³/mol. The molecule has 2 fully saturated rings. The molecule has 5 rings (SSSR count). The van der Waals surface area contributed by atoms with Crippen LogP contribution in [0, 0.1) is 6.92 Å². The van der Waals surface area contributed by atoms with E-state index in [-0.39, 0.29) is 6.10 Å². The standard InChI is InChI=1S/C20H28N6O/c1-13-21-9-15(24(13)2)11-26-14-5-6-19(26)17-10-22-20(23-18(17)8-14)25-7-3-4-16(27)12-25/h9-10,14,16,19,27H,3-8,11-12H2,1-2H3/t14-,16-,19-/m0/s1. The molecule has 2 aromatic heterocycles. The summed E-state index contributed by atoms with van der Waals surface area (Å²) >= 11 is 0. The molecule has 2 saturated heterocycles. The average molecular weight is 368 g/mol.